The molecule has 1 aromatic heterocycles. The Labute approximate surface area is 104 Å². The van der Waals surface area contributed by atoms with E-state index in [4.69, 9.17) is 0 Å². The second kappa shape index (κ2) is 6.55. The monoisotopic (exact) mass is 236 g/mol. The highest BCUT2D eigenvalue weighted by Gasteiger charge is 2.06. The van der Waals surface area contributed by atoms with Crippen LogP contribution < -0.4 is 10.2 Å². The van der Waals surface area contributed by atoms with Gasteiger partial charge in [0.2, 0.25) is 5.95 Å². The van der Waals surface area contributed by atoms with Crippen LogP contribution in [-0.2, 0) is 6.54 Å². The third-order valence-corrected chi connectivity index (χ3v) is 2.39. The largest absolute Gasteiger partial charge is 0.344 e. The first-order valence-corrected chi connectivity index (χ1v) is 6.24. The molecule has 17 heavy (non-hydrogen) atoms. The fourth-order valence-electron chi connectivity index (χ4n) is 1.59. The summed E-state index contributed by atoms with van der Waals surface area (Å²) in [6.45, 7) is 10.4. The number of hydrogen-bond acceptors (Lipinski definition) is 4. The lowest BCUT2D eigenvalue weighted by atomic mass is 10.2. The van der Waals surface area contributed by atoms with E-state index < -0.39 is 0 Å². The quantitative estimate of drug-likeness (QED) is 0.821. The maximum atomic E-state index is 4.38. The van der Waals surface area contributed by atoms with Crippen LogP contribution in [0.25, 0.3) is 0 Å². The van der Waals surface area contributed by atoms with Crippen LogP contribution in [0.4, 0.5) is 5.95 Å². The van der Waals surface area contributed by atoms with Crippen molar-refractivity contribution in [1.29, 1.82) is 0 Å². The molecule has 0 spiro atoms. The highest BCUT2D eigenvalue weighted by molar-refractivity contribution is 5.28. The fraction of sp³-hybridized carbons (Fsp3) is 0.692. The SMILES string of the molecule is CC(C)CN(C)c1ncc(CNC(C)C)cn1. The molecule has 4 heteroatoms. The highest BCUT2D eigenvalue weighted by atomic mass is 15.2. The van der Waals surface area contributed by atoms with Gasteiger partial charge in [-0.3, -0.25) is 0 Å². The molecule has 0 unspecified atom stereocenters. The van der Waals surface area contributed by atoms with Gasteiger partial charge in [0.25, 0.3) is 0 Å². The van der Waals surface area contributed by atoms with Crippen LogP contribution in [-0.4, -0.2) is 29.6 Å². The van der Waals surface area contributed by atoms with Crippen molar-refractivity contribution < 1.29 is 0 Å². The molecule has 0 aliphatic carbocycles. The minimum absolute atomic E-state index is 0.485. The summed E-state index contributed by atoms with van der Waals surface area (Å²) in [7, 11) is 2.03. The summed E-state index contributed by atoms with van der Waals surface area (Å²) in [5, 5.41) is 3.35. The zero-order valence-electron chi connectivity index (χ0n) is 11.6. The van der Waals surface area contributed by atoms with Gasteiger partial charge in [0, 0.05) is 44.1 Å². The van der Waals surface area contributed by atoms with Crippen molar-refractivity contribution in [2.75, 3.05) is 18.5 Å². The van der Waals surface area contributed by atoms with Crippen molar-refractivity contribution in [2.24, 2.45) is 5.92 Å². The molecular weight excluding hydrogens is 212 g/mol. The van der Waals surface area contributed by atoms with Crippen LogP contribution in [0.2, 0.25) is 0 Å². The number of hydrogen-bond donors (Lipinski definition) is 1. The lowest BCUT2D eigenvalue weighted by Crippen LogP contribution is -2.25. The molecule has 1 aromatic rings. The van der Waals surface area contributed by atoms with Gasteiger partial charge >= 0.3 is 0 Å². The molecular formula is C13H24N4. The third-order valence-electron chi connectivity index (χ3n) is 2.39. The predicted octanol–water partition coefficient (Wildman–Crippen LogP) is 2.07. The Morgan fingerprint density at radius 3 is 2.24 bits per heavy atom. The molecule has 0 saturated heterocycles. The fourth-order valence-corrected chi connectivity index (χ4v) is 1.59. The Balaban J connectivity index is 2.55. The normalized spacial score (nSPS) is 11.2. The van der Waals surface area contributed by atoms with E-state index in [2.05, 4.69) is 47.9 Å². The summed E-state index contributed by atoms with van der Waals surface area (Å²) in [5.41, 5.74) is 1.13. The van der Waals surface area contributed by atoms with Crippen molar-refractivity contribution >= 4 is 5.95 Å². The summed E-state index contributed by atoms with van der Waals surface area (Å²) in [4.78, 5) is 10.9. The number of anilines is 1. The smallest absolute Gasteiger partial charge is 0.225 e. The number of nitrogens with zero attached hydrogens (tertiary/aromatic N) is 3. The van der Waals surface area contributed by atoms with Gasteiger partial charge in [0.1, 0.15) is 0 Å². The summed E-state index contributed by atoms with van der Waals surface area (Å²) in [6.07, 6.45) is 3.79. The first-order chi connectivity index (χ1) is 7.99. The molecule has 0 atom stereocenters. The second-order valence-electron chi connectivity index (χ2n) is 5.20. The Hall–Kier alpha value is -1.16. The molecule has 0 aliphatic heterocycles. The molecule has 96 valence electrons. The van der Waals surface area contributed by atoms with Crippen LogP contribution in [0, 0.1) is 5.92 Å². The summed E-state index contributed by atoms with van der Waals surface area (Å²) in [5.74, 6) is 1.41. The number of nitrogens with one attached hydrogen (secondary N) is 1. The first kappa shape index (κ1) is 13.9. The first-order valence-electron chi connectivity index (χ1n) is 6.24. The van der Waals surface area contributed by atoms with Gasteiger partial charge in [0.15, 0.2) is 0 Å². The number of aromatic nitrogens is 2. The van der Waals surface area contributed by atoms with Crippen LogP contribution in [0.5, 0.6) is 0 Å². The van der Waals surface area contributed by atoms with Crippen LogP contribution >= 0.6 is 0 Å². The average Bonchev–Trinajstić information content (AvgIpc) is 2.26. The summed E-state index contributed by atoms with van der Waals surface area (Å²) >= 11 is 0. The Bertz CT molecular complexity index is 319. The van der Waals surface area contributed by atoms with Crippen molar-refractivity contribution in [3.63, 3.8) is 0 Å². The summed E-state index contributed by atoms with van der Waals surface area (Å²) < 4.78 is 0. The van der Waals surface area contributed by atoms with Gasteiger partial charge in [-0.25, -0.2) is 9.97 Å². The van der Waals surface area contributed by atoms with Crippen LogP contribution in [0.1, 0.15) is 33.3 Å². The lowest BCUT2D eigenvalue weighted by Gasteiger charge is -2.19. The van der Waals surface area contributed by atoms with E-state index in [1.165, 1.54) is 0 Å². The Morgan fingerprint density at radius 1 is 1.18 bits per heavy atom. The lowest BCUT2D eigenvalue weighted by molar-refractivity contribution is 0.586. The van der Waals surface area contributed by atoms with Gasteiger partial charge in [-0.05, 0) is 5.92 Å². The molecule has 0 bridgehead atoms. The van der Waals surface area contributed by atoms with E-state index in [1.54, 1.807) is 0 Å². The topological polar surface area (TPSA) is 41.1 Å². The van der Waals surface area contributed by atoms with Gasteiger partial charge < -0.3 is 10.2 Å². The molecule has 1 rings (SSSR count). The van der Waals surface area contributed by atoms with Crippen molar-refractivity contribution in [2.45, 2.75) is 40.3 Å². The van der Waals surface area contributed by atoms with Crippen LogP contribution in [0.15, 0.2) is 12.4 Å². The van der Waals surface area contributed by atoms with Crippen molar-refractivity contribution in [3.8, 4) is 0 Å². The highest BCUT2D eigenvalue weighted by Crippen LogP contribution is 2.07. The molecule has 0 radical (unpaired) electrons. The molecule has 0 aromatic carbocycles. The van der Waals surface area contributed by atoms with E-state index in [-0.39, 0.29) is 0 Å². The molecule has 0 fully saturated rings. The maximum Gasteiger partial charge on any atom is 0.225 e. The van der Waals surface area contributed by atoms with E-state index in [9.17, 15) is 0 Å². The van der Waals surface area contributed by atoms with Gasteiger partial charge in [-0.15, -0.1) is 0 Å². The molecule has 4 nitrogen and oxygen atoms in total. The van der Waals surface area contributed by atoms with Gasteiger partial charge in [-0.2, -0.15) is 0 Å². The van der Waals surface area contributed by atoms with Gasteiger partial charge in [-0.1, -0.05) is 27.7 Å². The second-order valence-corrected chi connectivity index (χ2v) is 5.20. The number of rotatable bonds is 6. The maximum absolute atomic E-state index is 4.38. The van der Waals surface area contributed by atoms with E-state index in [0.717, 1.165) is 24.6 Å². The molecule has 1 N–H and O–H groups in total. The Morgan fingerprint density at radius 2 is 1.76 bits per heavy atom. The minimum atomic E-state index is 0.485. The van der Waals surface area contributed by atoms with E-state index in [1.807, 2.05) is 19.4 Å². The van der Waals surface area contributed by atoms with E-state index >= 15 is 0 Å². The molecule has 0 aliphatic rings. The van der Waals surface area contributed by atoms with Crippen LogP contribution in [0.3, 0.4) is 0 Å². The van der Waals surface area contributed by atoms with Crippen molar-refractivity contribution in [3.05, 3.63) is 18.0 Å². The predicted molar refractivity (Wildman–Crippen MR) is 72.1 cm³/mol. The van der Waals surface area contributed by atoms with Gasteiger partial charge in [0.05, 0.1) is 0 Å². The standard InChI is InChI=1S/C13H24N4/c1-10(2)9-17(5)13-15-7-12(8-16-13)6-14-11(3)4/h7-8,10-11,14H,6,9H2,1-5H3. The van der Waals surface area contributed by atoms with Crippen molar-refractivity contribution in [1.82, 2.24) is 15.3 Å². The summed E-state index contributed by atoms with van der Waals surface area (Å²) in [6, 6.07) is 0.485. The molecule has 0 saturated carbocycles. The average molecular weight is 236 g/mol. The zero-order chi connectivity index (χ0) is 12.8. The molecule has 0 amide bonds. The van der Waals surface area contributed by atoms with E-state index in [0.29, 0.717) is 12.0 Å². The molecule has 1 heterocycles. The zero-order valence-corrected chi connectivity index (χ0v) is 11.6. The minimum Gasteiger partial charge on any atom is -0.344 e. The Kier molecular flexibility index (Phi) is 5.35. The third kappa shape index (κ3) is 5.13.